The van der Waals surface area contributed by atoms with E-state index in [2.05, 4.69) is 0 Å². The van der Waals surface area contributed by atoms with E-state index in [1.54, 1.807) is 0 Å². The molecule has 0 atom stereocenters. The molecule has 1 aromatic rings. The Balaban J connectivity index is 2.10. The van der Waals surface area contributed by atoms with Crippen molar-refractivity contribution in [3.63, 3.8) is 0 Å². The normalized spacial score (nSPS) is 16.1. The average molecular weight is 226 g/mol. The van der Waals surface area contributed by atoms with Crippen LogP contribution in [-0.2, 0) is 0 Å². The fourth-order valence-corrected chi connectivity index (χ4v) is 1.74. The number of nitrogens with zero attached hydrogens (tertiary/aromatic N) is 1. The van der Waals surface area contributed by atoms with Gasteiger partial charge in [-0.05, 0) is 18.7 Å². The molecular weight excluding hydrogens is 214 g/mol. The van der Waals surface area contributed by atoms with Crippen molar-refractivity contribution in [2.24, 2.45) is 11.7 Å². The average Bonchev–Trinajstić information content (AvgIpc) is 2.14. The third kappa shape index (κ3) is 2.04. The van der Waals surface area contributed by atoms with Crippen LogP contribution in [0.4, 0.5) is 8.78 Å². The number of benzene rings is 1. The summed E-state index contributed by atoms with van der Waals surface area (Å²) in [6.45, 7) is 1.65. The van der Waals surface area contributed by atoms with Gasteiger partial charge in [0.25, 0.3) is 5.91 Å². The van der Waals surface area contributed by atoms with Gasteiger partial charge in [0.2, 0.25) is 0 Å². The molecule has 0 aromatic heterocycles. The summed E-state index contributed by atoms with van der Waals surface area (Å²) in [7, 11) is 0. The molecular formula is C11H12F2N2O. The molecule has 0 radical (unpaired) electrons. The fraction of sp³-hybridized carbons (Fsp3) is 0.364. The molecule has 1 aliphatic rings. The molecule has 1 saturated heterocycles. The van der Waals surface area contributed by atoms with Crippen molar-refractivity contribution >= 4 is 5.91 Å². The predicted molar refractivity (Wildman–Crippen MR) is 54.8 cm³/mol. The standard InChI is InChI=1S/C11H12F2N2O/c12-9-1-8(2-10(13)3-9)11(16)15-5-7(4-14)6-15/h1-3,7H,4-6,14H2. The summed E-state index contributed by atoms with van der Waals surface area (Å²) in [6.07, 6.45) is 0. The lowest BCUT2D eigenvalue weighted by Gasteiger charge is -2.38. The number of likely N-dealkylation sites (tertiary alicyclic amines) is 1. The monoisotopic (exact) mass is 226 g/mol. The summed E-state index contributed by atoms with van der Waals surface area (Å²) < 4.78 is 25.8. The smallest absolute Gasteiger partial charge is 0.254 e. The van der Waals surface area contributed by atoms with E-state index in [-0.39, 0.29) is 11.5 Å². The Morgan fingerprint density at radius 2 is 1.88 bits per heavy atom. The molecule has 5 heteroatoms. The van der Waals surface area contributed by atoms with Crippen molar-refractivity contribution in [3.05, 3.63) is 35.4 Å². The molecule has 0 aliphatic carbocycles. The second-order valence-corrected chi connectivity index (χ2v) is 3.97. The zero-order chi connectivity index (χ0) is 11.7. The highest BCUT2D eigenvalue weighted by molar-refractivity contribution is 5.94. The molecule has 1 amide bonds. The summed E-state index contributed by atoms with van der Waals surface area (Å²) in [5.41, 5.74) is 5.47. The molecule has 16 heavy (non-hydrogen) atoms. The van der Waals surface area contributed by atoms with Crippen LogP contribution in [0.3, 0.4) is 0 Å². The van der Waals surface area contributed by atoms with Crippen molar-refractivity contribution in [1.82, 2.24) is 4.90 Å². The fourth-order valence-electron chi connectivity index (χ4n) is 1.74. The van der Waals surface area contributed by atoms with E-state index >= 15 is 0 Å². The quantitative estimate of drug-likeness (QED) is 0.817. The molecule has 1 heterocycles. The number of halogens is 2. The Bertz CT molecular complexity index is 396. The summed E-state index contributed by atoms with van der Waals surface area (Å²) in [5.74, 6) is -1.51. The van der Waals surface area contributed by atoms with Crippen LogP contribution in [-0.4, -0.2) is 30.4 Å². The number of nitrogens with two attached hydrogens (primary N) is 1. The Morgan fingerprint density at radius 3 is 2.38 bits per heavy atom. The number of hydrogen-bond donors (Lipinski definition) is 1. The summed E-state index contributed by atoms with van der Waals surface area (Å²) in [5, 5.41) is 0. The van der Waals surface area contributed by atoms with Gasteiger partial charge in [0.05, 0.1) is 0 Å². The van der Waals surface area contributed by atoms with Gasteiger partial charge >= 0.3 is 0 Å². The highest BCUT2D eigenvalue weighted by Crippen LogP contribution is 2.18. The van der Waals surface area contributed by atoms with Gasteiger partial charge in [-0.2, -0.15) is 0 Å². The van der Waals surface area contributed by atoms with E-state index in [0.717, 1.165) is 18.2 Å². The molecule has 1 aromatic carbocycles. The molecule has 0 bridgehead atoms. The van der Waals surface area contributed by atoms with Crippen molar-refractivity contribution in [2.45, 2.75) is 0 Å². The first-order valence-corrected chi connectivity index (χ1v) is 5.05. The van der Waals surface area contributed by atoms with Crippen LogP contribution in [0, 0.1) is 17.6 Å². The third-order valence-corrected chi connectivity index (χ3v) is 2.69. The van der Waals surface area contributed by atoms with Gasteiger partial charge in [-0.15, -0.1) is 0 Å². The molecule has 0 spiro atoms. The van der Waals surface area contributed by atoms with Gasteiger partial charge in [-0.25, -0.2) is 8.78 Å². The maximum Gasteiger partial charge on any atom is 0.254 e. The minimum atomic E-state index is -0.737. The third-order valence-electron chi connectivity index (χ3n) is 2.69. The Hall–Kier alpha value is -1.49. The Morgan fingerprint density at radius 1 is 1.31 bits per heavy atom. The van der Waals surface area contributed by atoms with Crippen LogP contribution >= 0.6 is 0 Å². The number of carbonyl (C=O) groups is 1. The minimum Gasteiger partial charge on any atom is -0.338 e. The van der Waals surface area contributed by atoms with E-state index in [9.17, 15) is 13.6 Å². The molecule has 86 valence electrons. The second-order valence-electron chi connectivity index (χ2n) is 3.97. The number of rotatable bonds is 2. The van der Waals surface area contributed by atoms with Gasteiger partial charge in [-0.1, -0.05) is 0 Å². The summed E-state index contributed by atoms with van der Waals surface area (Å²) in [6, 6.07) is 2.83. The molecule has 2 N–H and O–H groups in total. The SMILES string of the molecule is NCC1CN(C(=O)c2cc(F)cc(F)c2)C1. The van der Waals surface area contributed by atoms with E-state index < -0.39 is 11.6 Å². The summed E-state index contributed by atoms with van der Waals surface area (Å²) >= 11 is 0. The second kappa shape index (κ2) is 4.17. The van der Waals surface area contributed by atoms with Gasteiger partial charge < -0.3 is 10.6 Å². The lowest BCUT2D eigenvalue weighted by molar-refractivity contribution is 0.0514. The maximum atomic E-state index is 12.9. The molecule has 3 nitrogen and oxygen atoms in total. The molecule has 0 saturated carbocycles. The Kier molecular flexibility index (Phi) is 2.87. The number of hydrogen-bond acceptors (Lipinski definition) is 2. The van der Waals surface area contributed by atoms with Gasteiger partial charge in [0.15, 0.2) is 0 Å². The van der Waals surface area contributed by atoms with Gasteiger partial charge in [-0.3, -0.25) is 4.79 Å². The largest absolute Gasteiger partial charge is 0.338 e. The first-order chi connectivity index (χ1) is 7.60. The van der Waals surface area contributed by atoms with Crippen molar-refractivity contribution in [2.75, 3.05) is 19.6 Å². The summed E-state index contributed by atoms with van der Waals surface area (Å²) in [4.78, 5) is 13.3. The number of carbonyl (C=O) groups excluding carboxylic acids is 1. The topological polar surface area (TPSA) is 46.3 Å². The Labute approximate surface area is 91.8 Å². The van der Waals surface area contributed by atoms with Gasteiger partial charge in [0.1, 0.15) is 11.6 Å². The van der Waals surface area contributed by atoms with Crippen molar-refractivity contribution < 1.29 is 13.6 Å². The lowest BCUT2D eigenvalue weighted by Crippen LogP contribution is -2.52. The zero-order valence-electron chi connectivity index (χ0n) is 8.62. The highest BCUT2D eigenvalue weighted by Gasteiger charge is 2.30. The maximum absolute atomic E-state index is 12.9. The molecule has 2 rings (SSSR count). The van der Waals surface area contributed by atoms with Crippen LogP contribution in [0.5, 0.6) is 0 Å². The predicted octanol–water partition coefficient (Wildman–Crippen LogP) is 0.996. The van der Waals surface area contributed by atoms with Gasteiger partial charge in [0, 0.05) is 30.6 Å². The molecule has 1 aliphatic heterocycles. The van der Waals surface area contributed by atoms with Crippen LogP contribution in [0.15, 0.2) is 18.2 Å². The van der Waals surface area contributed by atoms with E-state index in [0.29, 0.717) is 25.6 Å². The van der Waals surface area contributed by atoms with E-state index in [4.69, 9.17) is 5.73 Å². The number of amides is 1. The van der Waals surface area contributed by atoms with E-state index in [1.807, 2.05) is 0 Å². The minimum absolute atomic E-state index is 0.0490. The lowest BCUT2D eigenvalue weighted by atomic mass is 9.99. The highest BCUT2D eigenvalue weighted by atomic mass is 19.1. The first kappa shape index (κ1) is 11.0. The molecule has 0 unspecified atom stereocenters. The van der Waals surface area contributed by atoms with Crippen LogP contribution in [0.25, 0.3) is 0 Å². The zero-order valence-corrected chi connectivity index (χ0v) is 8.62. The molecule has 1 fully saturated rings. The van der Waals surface area contributed by atoms with Crippen molar-refractivity contribution in [3.8, 4) is 0 Å². The van der Waals surface area contributed by atoms with Crippen LogP contribution in [0.2, 0.25) is 0 Å². The van der Waals surface area contributed by atoms with Crippen LogP contribution < -0.4 is 5.73 Å². The van der Waals surface area contributed by atoms with Crippen LogP contribution in [0.1, 0.15) is 10.4 Å². The van der Waals surface area contributed by atoms with E-state index in [1.165, 1.54) is 4.90 Å². The van der Waals surface area contributed by atoms with Crippen molar-refractivity contribution in [1.29, 1.82) is 0 Å². The first-order valence-electron chi connectivity index (χ1n) is 5.05.